The van der Waals surface area contributed by atoms with E-state index >= 15 is 0 Å². The van der Waals surface area contributed by atoms with Gasteiger partial charge in [-0.3, -0.25) is 0 Å². The van der Waals surface area contributed by atoms with Crippen LogP contribution in [0.5, 0.6) is 0 Å². The molecule has 0 aliphatic carbocycles. The molecule has 2 atom stereocenters. The van der Waals surface area contributed by atoms with E-state index in [-0.39, 0.29) is 12.5 Å². The van der Waals surface area contributed by atoms with Gasteiger partial charge in [-0.15, -0.1) is 0 Å². The van der Waals surface area contributed by atoms with Crippen molar-refractivity contribution in [3.05, 3.63) is 64.2 Å². The van der Waals surface area contributed by atoms with Gasteiger partial charge in [-0.1, -0.05) is 35.9 Å². The molecule has 0 saturated carbocycles. The minimum Gasteiger partial charge on any atom is -0.467 e. The third kappa shape index (κ3) is 4.60. The van der Waals surface area contributed by atoms with Crippen LogP contribution in [0, 0.1) is 0 Å². The van der Waals surface area contributed by atoms with Gasteiger partial charge in [-0.05, 0) is 48.2 Å². The van der Waals surface area contributed by atoms with E-state index in [4.69, 9.17) is 21.1 Å². The van der Waals surface area contributed by atoms with E-state index in [0.29, 0.717) is 18.0 Å². The molecule has 7 nitrogen and oxygen atoms in total. The molecule has 32 heavy (non-hydrogen) atoms. The van der Waals surface area contributed by atoms with Crippen molar-refractivity contribution in [1.29, 1.82) is 0 Å². The highest BCUT2D eigenvalue weighted by Crippen LogP contribution is 2.40. The Balaban J connectivity index is 1.68. The molecule has 2 aromatic carbocycles. The molecule has 0 spiro atoms. The van der Waals surface area contributed by atoms with E-state index in [1.807, 2.05) is 37.3 Å². The molecular formula is C24H29ClN2O5. The van der Waals surface area contributed by atoms with Crippen LogP contribution in [0.3, 0.4) is 0 Å². The Morgan fingerprint density at radius 3 is 2.50 bits per heavy atom. The minimum absolute atomic E-state index is 0.0898. The van der Waals surface area contributed by atoms with Gasteiger partial charge in [-0.25, -0.2) is 9.59 Å². The fourth-order valence-corrected chi connectivity index (χ4v) is 4.44. The average molecular weight is 461 g/mol. The van der Waals surface area contributed by atoms with Crippen LogP contribution in [0.2, 0.25) is 5.02 Å². The van der Waals surface area contributed by atoms with Gasteiger partial charge in [0.25, 0.3) is 0 Å². The van der Waals surface area contributed by atoms with Crippen molar-refractivity contribution in [1.82, 2.24) is 5.32 Å². The van der Waals surface area contributed by atoms with E-state index < -0.39 is 23.6 Å². The monoisotopic (exact) mass is 460 g/mol. The Bertz CT molecular complexity index is 980. The van der Waals surface area contributed by atoms with E-state index in [0.717, 1.165) is 22.4 Å². The summed E-state index contributed by atoms with van der Waals surface area (Å²) in [7, 11) is 4.22. The highest BCUT2D eigenvalue weighted by atomic mass is 35.5. The predicted molar refractivity (Wildman–Crippen MR) is 123 cm³/mol. The van der Waals surface area contributed by atoms with Gasteiger partial charge >= 0.3 is 11.9 Å². The zero-order valence-corrected chi connectivity index (χ0v) is 19.5. The first-order valence-corrected chi connectivity index (χ1v) is 10.8. The summed E-state index contributed by atoms with van der Waals surface area (Å²) in [6, 6.07) is 13.2. The number of fused-ring (bicyclic) bond motifs is 1. The number of aliphatic hydroxyl groups excluding tert-OH is 1. The van der Waals surface area contributed by atoms with Crippen LogP contribution in [0.1, 0.15) is 29.7 Å². The molecule has 1 aliphatic heterocycles. The third-order valence-corrected chi connectivity index (χ3v) is 6.24. The average Bonchev–Trinajstić information content (AvgIpc) is 3.08. The van der Waals surface area contributed by atoms with E-state index in [1.165, 1.54) is 14.2 Å². The summed E-state index contributed by atoms with van der Waals surface area (Å²) >= 11 is 6.00. The van der Waals surface area contributed by atoms with Crippen molar-refractivity contribution in [3.63, 3.8) is 0 Å². The summed E-state index contributed by atoms with van der Waals surface area (Å²) in [5, 5.41) is 14.3. The van der Waals surface area contributed by atoms with E-state index in [2.05, 4.69) is 5.32 Å². The van der Waals surface area contributed by atoms with Gasteiger partial charge in [-0.2, -0.15) is 0 Å². The fraction of sp³-hybridized carbons (Fsp3) is 0.417. The van der Waals surface area contributed by atoms with Gasteiger partial charge in [0, 0.05) is 36.8 Å². The molecular weight excluding hydrogens is 432 g/mol. The van der Waals surface area contributed by atoms with Crippen molar-refractivity contribution in [2.45, 2.75) is 37.5 Å². The number of rotatable bonds is 8. The van der Waals surface area contributed by atoms with Crippen molar-refractivity contribution < 1.29 is 24.2 Å². The summed E-state index contributed by atoms with van der Waals surface area (Å²) in [6.45, 7) is 2.43. The number of nitrogens with one attached hydrogen (secondary N) is 1. The van der Waals surface area contributed by atoms with Crippen LogP contribution in [-0.4, -0.2) is 56.4 Å². The van der Waals surface area contributed by atoms with Gasteiger partial charge in [0.1, 0.15) is 0 Å². The Morgan fingerprint density at radius 2 is 1.88 bits per heavy atom. The molecule has 0 aromatic heterocycles. The van der Waals surface area contributed by atoms with E-state index in [1.54, 1.807) is 24.1 Å². The number of hydrogen-bond donors (Lipinski definition) is 2. The van der Waals surface area contributed by atoms with Gasteiger partial charge in [0.2, 0.25) is 5.54 Å². The van der Waals surface area contributed by atoms with Gasteiger partial charge < -0.3 is 24.8 Å². The number of aliphatic hydroxyl groups is 1. The Labute approximate surface area is 193 Å². The molecule has 172 valence electrons. The fourth-order valence-electron chi connectivity index (χ4n) is 4.24. The maximum atomic E-state index is 12.6. The first-order chi connectivity index (χ1) is 15.2. The van der Waals surface area contributed by atoms with Gasteiger partial charge in [0.15, 0.2) is 0 Å². The lowest BCUT2D eigenvalue weighted by atomic mass is 9.93. The number of benzene rings is 2. The molecule has 1 heterocycles. The number of carbonyl (C=O) groups is 2. The Morgan fingerprint density at radius 1 is 1.19 bits per heavy atom. The highest BCUT2D eigenvalue weighted by Gasteiger charge is 2.56. The topological polar surface area (TPSA) is 88.1 Å². The summed E-state index contributed by atoms with van der Waals surface area (Å²) < 4.78 is 9.86. The molecule has 1 unspecified atom stereocenters. The quantitative estimate of drug-likeness (QED) is 0.462. The number of likely N-dealkylation sites (N-methyl/N-ethyl adjacent to an activating group) is 1. The molecule has 2 N–H and O–H groups in total. The largest absolute Gasteiger partial charge is 0.467 e. The lowest BCUT2D eigenvalue weighted by Crippen LogP contribution is -2.58. The van der Waals surface area contributed by atoms with Crippen molar-refractivity contribution >= 4 is 29.2 Å². The van der Waals surface area contributed by atoms with Crippen molar-refractivity contribution in [3.8, 4) is 0 Å². The van der Waals surface area contributed by atoms with Crippen LogP contribution in [0.25, 0.3) is 0 Å². The Hall–Kier alpha value is -2.61. The third-order valence-electron chi connectivity index (χ3n) is 6.01. The molecule has 0 saturated heterocycles. The van der Waals surface area contributed by atoms with Crippen molar-refractivity contribution in [2.75, 3.05) is 32.7 Å². The van der Waals surface area contributed by atoms with Crippen LogP contribution in [0.15, 0.2) is 42.5 Å². The molecule has 0 amide bonds. The number of halogens is 1. The lowest BCUT2D eigenvalue weighted by Gasteiger charge is -2.31. The Kier molecular flexibility index (Phi) is 7.44. The summed E-state index contributed by atoms with van der Waals surface area (Å²) in [6.07, 6.45) is 0.231. The molecule has 0 bridgehead atoms. The molecule has 1 aliphatic rings. The molecule has 2 aromatic rings. The zero-order chi connectivity index (χ0) is 23.5. The second-order valence-electron chi connectivity index (χ2n) is 8.13. The second kappa shape index (κ2) is 9.90. The first kappa shape index (κ1) is 24.0. The normalized spacial score (nSPS) is 16.2. The molecule has 3 rings (SSSR count). The number of esters is 2. The van der Waals surface area contributed by atoms with Crippen LogP contribution >= 0.6 is 11.6 Å². The number of ether oxygens (including phenoxy) is 2. The number of methoxy groups -OCH3 is 2. The van der Waals surface area contributed by atoms with Gasteiger partial charge in [0.05, 0.1) is 20.3 Å². The second-order valence-corrected chi connectivity index (χ2v) is 8.56. The summed E-state index contributed by atoms with van der Waals surface area (Å²) in [4.78, 5) is 26.7. The number of hydrogen-bond acceptors (Lipinski definition) is 7. The zero-order valence-electron chi connectivity index (χ0n) is 18.7. The predicted octanol–water partition coefficient (Wildman–Crippen LogP) is 2.67. The van der Waals surface area contributed by atoms with Crippen LogP contribution < -0.4 is 10.2 Å². The maximum Gasteiger partial charge on any atom is 0.343 e. The van der Waals surface area contributed by atoms with Crippen LogP contribution in [0.4, 0.5) is 5.69 Å². The smallest absolute Gasteiger partial charge is 0.343 e. The summed E-state index contributed by atoms with van der Waals surface area (Å²) in [5.74, 6) is -1.29. The molecule has 0 radical (unpaired) electrons. The number of nitrogens with zero attached hydrogens (tertiary/aromatic N) is 1. The SMILES string of the molecule is COC(=O)C1(C(=O)OC)Cc2cc(CC(C)NC[C@@H](O)c3cccc(Cl)c3)ccc2N1C. The standard InChI is InChI=1S/C24H29ClN2O5/c1-15(26-14-21(28)17-6-5-7-19(25)12-17)10-16-8-9-20-18(11-16)13-24(27(20)2,22(29)31-3)23(30)32-4/h5-9,11-12,15,21,26,28H,10,13-14H2,1-4H3/t15?,21-/m1/s1. The van der Waals surface area contributed by atoms with Crippen molar-refractivity contribution in [2.24, 2.45) is 0 Å². The first-order valence-electron chi connectivity index (χ1n) is 10.4. The van der Waals surface area contributed by atoms with Crippen LogP contribution in [-0.2, 0) is 31.9 Å². The maximum absolute atomic E-state index is 12.6. The number of carbonyl (C=O) groups excluding carboxylic acids is 2. The molecule has 8 heteroatoms. The highest BCUT2D eigenvalue weighted by molar-refractivity contribution is 6.30. The number of anilines is 1. The molecule has 0 fully saturated rings. The lowest BCUT2D eigenvalue weighted by molar-refractivity contribution is -0.160. The minimum atomic E-state index is -1.52. The summed E-state index contributed by atoms with van der Waals surface area (Å²) in [5.41, 5.74) is 1.98. The van der Waals surface area contributed by atoms with E-state index in [9.17, 15) is 14.7 Å².